The third-order valence-corrected chi connectivity index (χ3v) is 5.65. The van der Waals surface area contributed by atoms with E-state index in [1.807, 2.05) is 24.3 Å². The highest BCUT2D eigenvalue weighted by atomic mass is 19.1. The van der Waals surface area contributed by atoms with Crippen molar-refractivity contribution in [3.63, 3.8) is 0 Å². The monoisotopic (exact) mass is 475 g/mol. The van der Waals surface area contributed by atoms with Gasteiger partial charge < -0.3 is 26.2 Å². The Bertz CT molecular complexity index is 1170. The van der Waals surface area contributed by atoms with Gasteiger partial charge in [0.2, 0.25) is 11.9 Å². The predicted molar refractivity (Wildman–Crippen MR) is 139 cm³/mol. The summed E-state index contributed by atoms with van der Waals surface area (Å²) in [5.74, 6) is -0.642. The van der Waals surface area contributed by atoms with Crippen LogP contribution in [0.3, 0.4) is 0 Å². The van der Waals surface area contributed by atoms with Crippen molar-refractivity contribution in [2.75, 3.05) is 40.9 Å². The molecule has 0 unspecified atom stereocenters. The number of rotatable bonds is 10. The smallest absolute Gasteiger partial charge is 0.247 e. The topological polar surface area (TPSA) is 94.2 Å². The molecule has 3 aromatic rings. The number of nitrogens with zero attached hydrogens (tertiary/aromatic N) is 3. The molecule has 0 radical (unpaired) electrons. The Morgan fingerprint density at radius 1 is 1.14 bits per heavy atom. The van der Waals surface area contributed by atoms with Gasteiger partial charge in [0.1, 0.15) is 0 Å². The maximum Gasteiger partial charge on any atom is 0.247 e. The van der Waals surface area contributed by atoms with E-state index >= 15 is 0 Å². The highest BCUT2D eigenvalue weighted by molar-refractivity contribution is 5.99. The number of benzene rings is 2. The minimum absolute atomic E-state index is 0.0193. The van der Waals surface area contributed by atoms with Crippen LogP contribution in [0.2, 0.25) is 0 Å². The number of hydrogen-bond acceptors (Lipinski definition) is 7. The van der Waals surface area contributed by atoms with Crippen LogP contribution < -0.4 is 21.3 Å². The minimum atomic E-state index is -0.593. The van der Waals surface area contributed by atoms with Gasteiger partial charge in [-0.25, -0.2) is 9.37 Å². The van der Waals surface area contributed by atoms with Crippen LogP contribution in [0.1, 0.15) is 19.8 Å². The van der Waals surface area contributed by atoms with Gasteiger partial charge in [0.15, 0.2) is 11.6 Å². The normalized spacial score (nSPS) is 15.4. The molecule has 1 saturated heterocycles. The standard InChI is InChI=1S/C26H30FN7O/c1-3-13-34-14-12-22(17-34)29-18-8-10-19(11-9-18)32-26-28-16-23(27)25(33-26)31-21-7-5-6-20(15-21)30-24(35)4-2/h4-11,15-16,22,29H,2-3,12-14,17H2,1H3,(H,30,35)(H2,28,31,32,33)/t22-/m1/s1. The van der Waals surface area contributed by atoms with Crippen LogP contribution in [-0.4, -0.2) is 46.5 Å². The zero-order valence-electron chi connectivity index (χ0n) is 19.7. The van der Waals surface area contributed by atoms with E-state index in [4.69, 9.17) is 0 Å². The molecule has 4 rings (SSSR count). The van der Waals surface area contributed by atoms with Crippen LogP contribution in [0.15, 0.2) is 67.4 Å². The summed E-state index contributed by atoms with van der Waals surface area (Å²) < 4.78 is 14.4. The molecule has 1 atom stereocenters. The Morgan fingerprint density at radius 3 is 2.69 bits per heavy atom. The summed E-state index contributed by atoms with van der Waals surface area (Å²) in [6.45, 7) is 8.99. The quantitative estimate of drug-likeness (QED) is 0.302. The maximum absolute atomic E-state index is 14.4. The molecule has 1 amide bonds. The second-order valence-electron chi connectivity index (χ2n) is 8.42. The molecule has 35 heavy (non-hydrogen) atoms. The molecule has 182 valence electrons. The number of anilines is 6. The summed E-state index contributed by atoms with van der Waals surface area (Å²) in [6.07, 6.45) is 4.61. The van der Waals surface area contributed by atoms with E-state index in [1.54, 1.807) is 24.3 Å². The molecule has 1 aliphatic rings. The number of halogens is 1. The number of carbonyl (C=O) groups excluding carboxylic acids is 1. The molecule has 0 aliphatic carbocycles. The lowest BCUT2D eigenvalue weighted by molar-refractivity contribution is -0.111. The molecule has 1 aromatic heterocycles. The van der Waals surface area contributed by atoms with Crippen molar-refractivity contribution < 1.29 is 9.18 Å². The molecule has 9 heteroatoms. The third-order valence-electron chi connectivity index (χ3n) is 5.65. The highest BCUT2D eigenvalue weighted by Gasteiger charge is 2.21. The number of hydrogen-bond donors (Lipinski definition) is 4. The molecule has 8 nitrogen and oxygen atoms in total. The first kappa shape index (κ1) is 24.2. The SMILES string of the molecule is C=CC(=O)Nc1cccc(Nc2nc(Nc3ccc(N[C@@H]4CCN(CCC)C4)cc3)ncc2F)c1. The minimum Gasteiger partial charge on any atom is -0.381 e. The van der Waals surface area contributed by atoms with Crippen molar-refractivity contribution >= 4 is 40.4 Å². The number of nitrogens with one attached hydrogen (secondary N) is 4. The van der Waals surface area contributed by atoms with Gasteiger partial charge in [-0.15, -0.1) is 0 Å². The molecule has 0 saturated carbocycles. The molecule has 4 N–H and O–H groups in total. The zero-order chi connectivity index (χ0) is 24.6. The maximum atomic E-state index is 14.4. The average molecular weight is 476 g/mol. The van der Waals surface area contributed by atoms with Crippen LogP contribution in [-0.2, 0) is 4.79 Å². The van der Waals surface area contributed by atoms with Crippen molar-refractivity contribution in [1.29, 1.82) is 0 Å². The summed E-state index contributed by atoms with van der Waals surface area (Å²) >= 11 is 0. The Hall–Kier alpha value is -3.98. The zero-order valence-corrected chi connectivity index (χ0v) is 19.7. The Morgan fingerprint density at radius 2 is 1.91 bits per heavy atom. The molecule has 2 aromatic carbocycles. The van der Waals surface area contributed by atoms with Gasteiger partial charge in [-0.1, -0.05) is 19.6 Å². The first-order valence-electron chi connectivity index (χ1n) is 11.7. The van der Waals surface area contributed by atoms with Gasteiger partial charge in [0.25, 0.3) is 0 Å². The number of likely N-dealkylation sites (tertiary alicyclic amines) is 1. The van der Waals surface area contributed by atoms with E-state index in [0.717, 1.165) is 43.6 Å². The second kappa shape index (κ2) is 11.4. The van der Waals surface area contributed by atoms with Gasteiger partial charge in [0, 0.05) is 41.9 Å². The summed E-state index contributed by atoms with van der Waals surface area (Å²) in [5, 5.41) is 12.3. The Kier molecular flexibility index (Phi) is 7.89. The van der Waals surface area contributed by atoms with Crippen LogP contribution in [0.4, 0.5) is 38.9 Å². The lowest BCUT2D eigenvalue weighted by Crippen LogP contribution is -2.26. The molecular weight excluding hydrogens is 445 g/mol. The highest BCUT2D eigenvalue weighted by Crippen LogP contribution is 2.24. The van der Waals surface area contributed by atoms with E-state index in [9.17, 15) is 9.18 Å². The Balaban J connectivity index is 1.38. The molecular formula is C26H30FN7O. The first-order valence-corrected chi connectivity index (χ1v) is 11.7. The van der Waals surface area contributed by atoms with Crippen LogP contribution in [0.5, 0.6) is 0 Å². The largest absolute Gasteiger partial charge is 0.381 e. The lowest BCUT2D eigenvalue weighted by Gasteiger charge is -2.17. The first-order chi connectivity index (χ1) is 17.0. The van der Waals surface area contributed by atoms with Gasteiger partial charge >= 0.3 is 0 Å². The van der Waals surface area contributed by atoms with Gasteiger partial charge in [-0.2, -0.15) is 4.98 Å². The third kappa shape index (κ3) is 6.77. The van der Waals surface area contributed by atoms with Crippen molar-refractivity contribution in [2.45, 2.75) is 25.8 Å². The lowest BCUT2D eigenvalue weighted by atomic mass is 10.2. The fourth-order valence-electron chi connectivity index (χ4n) is 4.00. The van der Waals surface area contributed by atoms with E-state index < -0.39 is 5.82 Å². The van der Waals surface area contributed by atoms with Crippen molar-refractivity contribution in [1.82, 2.24) is 14.9 Å². The molecule has 1 aliphatic heterocycles. The number of amides is 1. The molecule has 0 bridgehead atoms. The van der Waals surface area contributed by atoms with Crippen LogP contribution in [0, 0.1) is 5.82 Å². The van der Waals surface area contributed by atoms with Crippen molar-refractivity contribution in [3.8, 4) is 0 Å². The van der Waals surface area contributed by atoms with Crippen LogP contribution in [0.25, 0.3) is 0 Å². The Labute approximate surface area is 204 Å². The van der Waals surface area contributed by atoms with Crippen LogP contribution >= 0.6 is 0 Å². The van der Waals surface area contributed by atoms with Crippen molar-refractivity contribution in [3.05, 3.63) is 73.2 Å². The van der Waals surface area contributed by atoms with Gasteiger partial charge in [0.05, 0.1) is 6.20 Å². The van der Waals surface area contributed by atoms with E-state index in [2.05, 4.69) is 49.6 Å². The summed E-state index contributed by atoms with van der Waals surface area (Å²) in [6, 6.07) is 15.2. The average Bonchev–Trinajstić information content (AvgIpc) is 3.29. The summed E-state index contributed by atoms with van der Waals surface area (Å²) in [4.78, 5) is 22.3. The van der Waals surface area contributed by atoms with Gasteiger partial charge in [-0.3, -0.25) is 4.79 Å². The fraction of sp³-hybridized carbons (Fsp3) is 0.269. The number of aromatic nitrogens is 2. The molecule has 1 fully saturated rings. The molecule has 0 spiro atoms. The fourth-order valence-corrected chi connectivity index (χ4v) is 4.00. The summed E-state index contributed by atoms with van der Waals surface area (Å²) in [5.41, 5.74) is 2.97. The van der Waals surface area contributed by atoms with Gasteiger partial charge in [-0.05, 0) is 67.9 Å². The van der Waals surface area contributed by atoms with Crippen molar-refractivity contribution in [2.24, 2.45) is 0 Å². The van der Waals surface area contributed by atoms with E-state index in [0.29, 0.717) is 17.4 Å². The molecule has 2 heterocycles. The predicted octanol–water partition coefficient (Wildman–Crippen LogP) is 5.12. The summed E-state index contributed by atoms with van der Waals surface area (Å²) in [7, 11) is 0. The number of carbonyl (C=O) groups is 1. The van der Waals surface area contributed by atoms with E-state index in [-0.39, 0.29) is 17.7 Å². The van der Waals surface area contributed by atoms with E-state index in [1.165, 1.54) is 12.5 Å². The second-order valence-corrected chi connectivity index (χ2v) is 8.42.